The lowest BCUT2D eigenvalue weighted by Gasteiger charge is -2.24. The van der Waals surface area contributed by atoms with Gasteiger partial charge in [-0.2, -0.15) is 0 Å². The van der Waals surface area contributed by atoms with E-state index in [1.54, 1.807) is 6.08 Å². The van der Waals surface area contributed by atoms with Crippen LogP contribution in [0.4, 0.5) is 0 Å². The van der Waals surface area contributed by atoms with E-state index < -0.39 is 32.5 Å². The summed E-state index contributed by atoms with van der Waals surface area (Å²) in [6.45, 7) is 4.20. The van der Waals surface area contributed by atoms with Gasteiger partial charge in [0, 0.05) is 12.5 Å². The van der Waals surface area contributed by atoms with E-state index in [9.17, 15) is 19.0 Å². The van der Waals surface area contributed by atoms with Gasteiger partial charge in [0.15, 0.2) is 6.10 Å². The molecular formula is C44H79NO8P+. The van der Waals surface area contributed by atoms with Gasteiger partial charge in [0.05, 0.1) is 27.7 Å². The summed E-state index contributed by atoms with van der Waals surface area (Å²) >= 11 is 0. The van der Waals surface area contributed by atoms with Gasteiger partial charge in [0.2, 0.25) is 0 Å². The number of carbonyl (C=O) groups excluding carboxylic acids is 2. The summed E-state index contributed by atoms with van der Waals surface area (Å²) in [5.41, 5.74) is 0. The van der Waals surface area contributed by atoms with E-state index in [-0.39, 0.29) is 19.6 Å². The first-order chi connectivity index (χ1) is 26.0. The first-order valence-corrected chi connectivity index (χ1v) is 22.5. The van der Waals surface area contributed by atoms with Gasteiger partial charge in [-0.05, 0) is 57.8 Å². The van der Waals surface area contributed by atoms with Gasteiger partial charge in [-0.1, -0.05) is 146 Å². The molecule has 0 rings (SSSR count). The summed E-state index contributed by atoms with van der Waals surface area (Å²) in [7, 11) is 1.40. The van der Waals surface area contributed by atoms with E-state index in [2.05, 4.69) is 50.3 Å². The summed E-state index contributed by atoms with van der Waals surface area (Å²) in [6, 6.07) is 0. The molecule has 9 nitrogen and oxygen atoms in total. The molecule has 10 heteroatoms. The number of phosphoric ester groups is 1. The van der Waals surface area contributed by atoms with E-state index in [1.165, 1.54) is 89.5 Å². The lowest BCUT2D eigenvalue weighted by atomic mass is 10.1. The molecular weight excluding hydrogens is 701 g/mol. The molecule has 0 amide bonds. The number of ether oxygens (including phenoxy) is 2. The molecule has 0 aliphatic rings. The summed E-state index contributed by atoms with van der Waals surface area (Å²) < 4.78 is 34.0. The van der Waals surface area contributed by atoms with Crippen LogP contribution in [0.15, 0.2) is 60.8 Å². The highest BCUT2D eigenvalue weighted by atomic mass is 31.2. The molecule has 54 heavy (non-hydrogen) atoms. The first-order valence-electron chi connectivity index (χ1n) is 21.1. The van der Waals surface area contributed by atoms with Gasteiger partial charge < -0.3 is 18.9 Å². The second-order valence-corrected chi connectivity index (χ2v) is 16.5. The highest BCUT2D eigenvalue weighted by molar-refractivity contribution is 7.47. The Balaban J connectivity index is 4.57. The number of phosphoric acid groups is 1. The van der Waals surface area contributed by atoms with Crippen molar-refractivity contribution >= 4 is 19.8 Å². The van der Waals surface area contributed by atoms with Gasteiger partial charge in [-0.15, -0.1) is 0 Å². The molecule has 0 heterocycles. The van der Waals surface area contributed by atoms with Crippen LogP contribution >= 0.6 is 7.82 Å². The molecule has 1 N–H and O–H groups in total. The number of carbonyl (C=O) groups is 2. The second-order valence-electron chi connectivity index (χ2n) is 15.1. The Kier molecular flexibility index (Phi) is 34.8. The lowest BCUT2D eigenvalue weighted by molar-refractivity contribution is -0.870. The fraction of sp³-hybridized carbons (Fsp3) is 0.727. The van der Waals surface area contributed by atoms with Crippen LogP contribution in [-0.4, -0.2) is 74.9 Å². The van der Waals surface area contributed by atoms with Crippen molar-refractivity contribution in [3.05, 3.63) is 60.8 Å². The molecule has 0 saturated heterocycles. The maximum absolute atomic E-state index is 12.6. The molecule has 0 aromatic heterocycles. The standard InChI is InChI=1S/C44H78NO8P/c1-6-8-10-12-14-16-18-20-22-24-26-28-30-32-34-36-43(46)50-40-42(41-52-54(48,49)51-39-38-45(3,4)5)53-44(47)37-35-33-31-29-27-25-23-21-19-17-15-13-11-9-7-2/h15,17,21,23,27,29-30,32,34,36,42H,6-14,16,18-20,22,24-26,28,31,33,35,37-41H2,1-5H3/p+1/b17-15+,23-21+,29-27+,32-30+,36-34+/t42-/m1/s1. The Hall–Kier alpha value is -2.29. The smallest absolute Gasteiger partial charge is 0.458 e. The number of unbranched alkanes of at least 4 members (excludes halogenated alkanes) is 16. The van der Waals surface area contributed by atoms with Crippen molar-refractivity contribution in [1.82, 2.24) is 0 Å². The molecule has 0 radical (unpaired) electrons. The largest absolute Gasteiger partial charge is 0.472 e. The number of hydrogen-bond donors (Lipinski definition) is 1. The van der Waals surface area contributed by atoms with E-state index in [4.69, 9.17) is 18.5 Å². The fourth-order valence-corrected chi connectivity index (χ4v) is 6.03. The number of esters is 2. The van der Waals surface area contributed by atoms with Crippen LogP contribution in [0.1, 0.15) is 155 Å². The molecule has 0 saturated carbocycles. The van der Waals surface area contributed by atoms with Gasteiger partial charge in [-0.25, -0.2) is 9.36 Å². The minimum Gasteiger partial charge on any atom is -0.458 e. The van der Waals surface area contributed by atoms with Gasteiger partial charge >= 0.3 is 19.8 Å². The Morgan fingerprint density at radius 2 is 1.13 bits per heavy atom. The molecule has 0 aromatic rings. The van der Waals surface area contributed by atoms with Crippen molar-refractivity contribution in [2.75, 3.05) is 47.5 Å². The van der Waals surface area contributed by atoms with Crippen LogP contribution in [0.25, 0.3) is 0 Å². The van der Waals surface area contributed by atoms with Crippen LogP contribution < -0.4 is 0 Å². The van der Waals surface area contributed by atoms with Crippen molar-refractivity contribution in [2.24, 2.45) is 0 Å². The quantitative estimate of drug-likeness (QED) is 0.0126. The van der Waals surface area contributed by atoms with Crippen molar-refractivity contribution in [1.29, 1.82) is 0 Å². The van der Waals surface area contributed by atoms with E-state index in [1.807, 2.05) is 33.3 Å². The summed E-state index contributed by atoms with van der Waals surface area (Å²) in [4.78, 5) is 35.1. The van der Waals surface area contributed by atoms with E-state index in [0.29, 0.717) is 17.4 Å². The minimum atomic E-state index is -4.40. The number of hydrogen-bond acceptors (Lipinski definition) is 7. The maximum atomic E-state index is 12.6. The van der Waals surface area contributed by atoms with Crippen molar-refractivity contribution in [2.45, 2.75) is 161 Å². The van der Waals surface area contributed by atoms with Crippen molar-refractivity contribution in [3.8, 4) is 0 Å². The van der Waals surface area contributed by atoms with Gasteiger partial charge in [0.1, 0.15) is 19.8 Å². The number of nitrogens with zero attached hydrogens (tertiary/aromatic N) is 1. The Bertz CT molecular complexity index is 1110. The Labute approximate surface area is 330 Å². The summed E-state index contributed by atoms with van der Waals surface area (Å²) in [5, 5.41) is 0. The molecule has 2 atom stereocenters. The predicted molar refractivity (Wildman–Crippen MR) is 224 cm³/mol. The molecule has 312 valence electrons. The number of allylic oxidation sites excluding steroid dienone is 9. The van der Waals surface area contributed by atoms with E-state index in [0.717, 1.165) is 44.9 Å². The van der Waals surface area contributed by atoms with Crippen LogP contribution in [0.2, 0.25) is 0 Å². The van der Waals surface area contributed by atoms with Crippen LogP contribution in [0.5, 0.6) is 0 Å². The minimum absolute atomic E-state index is 0.00948. The fourth-order valence-electron chi connectivity index (χ4n) is 5.29. The third-order valence-corrected chi connectivity index (χ3v) is 9.61. The highest BCUT2D eigenvalue weighted by Crippen LogP contribution is 2.43. The van der Waals surface area contributed by atoms with Crippen LogP contribution in [0.3, 0.4) is 0 Å². The second kappa shape index (κ2) is 36.4. The summed E-state index contributed by atoms with van der Waals surface area (Å²) in [5.74, 6) is -1.10. The van der Waals surface area contributed by atoms with Crippen molar-refractivity contribution in [3.63, 3.8) is 0 Å². The maximum Gasteiger partial charge on any atom is 0.472 e. The molecule has 0 aliphatic heterocycles. The first kappa shape index (κ1) is 51.7. The lowest BCUT2D eigenvalue weighted by Crippen LogP contribution is -2.37. The highest BCUT2D eigenvalue weighted by Gasteiger charge is 2.26. The third kappa shape index (κ3) is 39.4. The van der Waals surface area contributed by atoms with Crippen LogP contribution in [0, 0.1) is 0 Å². The summed E-state index contributed by atoms with van der Waals surface area (Å²) in [6.07, 6.45) is 43.3. The van der Waals surface area contributed by atoms with Crippen molar-refractivity contribution < 1.29 is 42.1 Å². The van der Waals surface area contributed by atoms with Gasteiger partial charge in [0.25, 0.3) is 0 Å². The zero-order chi connectivity index (χ0) is 40.0. The van der Waals surface area contributed by atoms with E-state index >= 15 is 0 Å². The number of likely N-dealkylation sites (N-methyl/N-ethyl adjacent to an activating group) is 1. The SMILES string of the molecule is CCCCC/C=C/C/C=C/C/C=C/CCCCC(=O)O[C@H](COC(=O)/C=C/C=C/CCCCCCCCCCCCC)COP(=O)(O)OCC[N+](C)(C)C. The molecule has 0 bridgehead atoms. The number of rotatable bonds is 37. The molecule has 1 unspecified atom stereocenters. The monoisotopic (exact) mass is 781 g/mol. The molecule has 0 aromatic carbocycles. The molecule has 0 aliphatic carbocycles. The third-order valence-electron chi connectivity index (χ3n) is 8.62. The van der Waals surface area contributed by atoms with Crippen LogP contribution in [-0.2, 0) is 32.7 Å². The Morgan fingerprint density at radius 3 is 1.72 bits per heavy atom. The average molecular weight is 781 g/mol. The molecule has 0 spiro atoms. The predicted octanol–water partition coefficient (Wildman–Crippen LogP) is 11.7. The zero-order valence-corrected chi connectivity index (χ0v) is 35.8. The zero-order valence-electron chi connectivity index (χ0n) is 34.9. The number of quaternary nitrogens is 1. The molecule has 0 fully saturated rings. The van der Waals surface area contributed by atoms with Gasteiger partial charge in [-0.3, -0.25) is 13.8 Å². The topological polar surface area (TPSA) is 108 Å². The normalized spacial score (nSPS) is 14.3. The average Bonchev–Trinajstić information content (AvgIpc) is 3.12. The Morgan fingerprint density at radius 1 is 0.630 bits per heavy atom.